The number of amides is 2. The summed E-state index contributed by atoms with van der Waals surface area (Å²) in [7, 11) is 2.85. The number of hydrogen-bond donors (Lipinski definition) is 3. The number of hydrogen-bond acceptors (Lipinski definition) is 4. The van der Waals surface area contributed by atoms with Gasteiger partial charge in [0.05, 0.1) is 12.7 Å². The van der Waals surface area contributed by atoms with Gasteiger partial charge in [0.15, 0.2) is 0 Å². The Morgan fingerprint density at radius 2 is 1.85 bits per heavy atom. The molecule has 0 saturated heterocycles. The zero-order chi connectivity index (χ0) is 19.4. The third-order valence-electron chi connectivity index (χ3n) is 4.27. The van der Waals surface area contributed by atoms with Crippen LogP contribution in [0.5, 0.6) is 0 Å². The first-order chi connectivity index (χ1) is 12.3. The molecular weight excluding hydrogens is 334 g/mol. The summed E-state index contributed by atoms with van der Waals surface area (Å²) in [6, 6.07) is 5.07. The van der Waals surface area contributed by atoms with Crippen LogP contribution in [0.4, 0.5) is 5.69 Å². The normalized spacial score (nSPS) is 10.3. The van der Waals surface area contributed by atoms with Crippen molar-refractivity contribution in [2.45, 2.75) is 27.2 Å². The number of carbonyl (C=O) groups is 3. The number of rotatable bonds is 5. The monoisotopic (exact) mass is 357 g/mol. The standard InChI is InChI=1S/C19H23N3O4/c1-6-13-15(19(25)26-5)11(3)16(21-13)18(24)22-14-9-12(17(23)20-4)8-7-10(14)2/h7-9,21H,6H2,1-5H3,(H,20,23)(H,22,24). The number of esters is 1. The number of benzene rings is 1. The minimum absolute atomic E-state index is 0.238. The summed E-state index contributed by atoms with van der Waals surface area (Å²) in [4.78, 5) is 39.5. The van der Waals surface area contributed by atoms with Crippen LogP contribution in [0.3, 0.4) is 0 Å². The van der Waals surface area contributed by atoms with Gasteiger partial charge in [-0.15, -0.1) is 0 Å². The van der Waals surface area contributed by atoms with E-state index < -0.39 is 5.97 Å². The molecule has 1 heterocycles. The van der Waals surface area contributed by atoms with E-state index in [0.29, 0.717) is 40.2 Å². The lowest BCUT2D eigenvalue weighted by Gasteiger charge is -2.10. The number of aromatic nitrogens is 1. The van der Waals surface area contributed by atoms with Gasteiger partial charge >= 0.3 is 5.97 Å². The summed E-state index contributed by atoms with van der Waals surface area (Å²) in [6.07, 6.45) is 0.559. The summed E-state index contributed by atoms with van der Waals surface area (Å²) in [6.45, 7) is 5.42. The lowest BCUT2D eigenvalue weighted by Crippen LogP contribution is -2.19. The molecule has 26 heavy (non-hydrogen) atoms. The molecule has 2 amide bonds. The van der Waals surface area contributed by atoms with Crippen molar-refractivity contribution in [2.75, 3.05) is 19.5 Å². The van der Waals surface area contributed by atoms with Gasteiger partial charge in [0.25, 0.3) is 11.8 Å². The molecule has 3 N–H and O–H groups in total. The molecule has 0 radical (unpaired) electrons. The summed E-state index contributed by atoms with van der Waals surface area (Å²) < 4.78 is 4.81. The van der Waals surface area contributed by atoms with E-state index in [2.05, 4.69) is 15.6 Å². The number of aromatic amines is 1. The van der Waals surface area contributed by atoms with E-state index in [0.717, 1.165) is 5.56 Å². The average Bonchev–Trinajstić information content (AvgIpc) is 2.98. The molecule has 0 saturated carbocycles. The van der Waals surface area contributed by atoms with Crippen LogP contribution >= 0.6 is 0 Å². The first kappa shape index (κ1) is 19.2. The lowest BCUT2D eigenvalue weighted by molar-refractivity contribution is 0.0598. The van der Waals surface area contributed by atoms with E-state index in [1.54, 1.807) is 32.2 Å². The number of methoxy groups -OCH3 is 1. The maximum atomic E-state index is 12.7. The highest BCUT2D eigenvalue weighted by Crippen LogP contribution is 2.23. The largest absolute Gasteiger partial charge is 0.465 e. The zero-order valence-electron chi connectivity index (χ0n) is 15.6. The topological polar surface area (TPSA) is 100 Å². The van der Waals surface area contributed by atoms with E-state index in [1.807, 2.05) is 13.8 Å². The van der Waals surface area contributed by atoms with Crippen molar-refractivity contribution in [1.29, 1.82) is 0 Å². The molecule has 0 aliphatic heterocycles. The average molecular weight is 357 g/mol. The molecule has 0 aliphatic rings. The van der Waals surface area contributed by atoms with Gasteiger partial charge in [0.1, 0.15) is 5.69 Å². The molecule has 2 aromatic rings. The molecule has 0 bridgehead atoms. The van der Waals surface area contributed by atoms with Crippen LogP contribution in [0.25, 0.3) is 0 Å². The lowest BCUT2D eigenvalue weighted by atomic mass is 10.1. The van der Waals surface area contributed by atoms with Crippen LogP contribution in [-0.2, 0) is 11.2 Å². The smallest absolute Gasteiger partial charge is 0.339 e. The molecule has 0 atom stereocenters. The fourth-order valence-corrected chi connectivity index (χ4v) is 2.76. The van der Waals surface area contributed by atoms with E-state index in [4.69, 9.17) is 4.74 Å². The third-order valence-corrected chi connectivity index (χ3v) is 4.27. The predicted octanol–water partition coefficient (Wildman–Crippen LogP) is 2.59. The Balaban J connectivity index is 2.38. The van der Waals surface area contributed by atoms with Crippen molar-refractivity contribution >= 4 is 23.5 Å². The van der Waals surface area contributed by atoms with Crippen LogP contribution in [0.1, 0.15) is 54.9 Å². The molecular formula is C19H23N3O4. The van der Waals surface area contributed by atoms with Gasteiger partial charge in [-0.3, -0.25) is 9.59 Å². The molecule has 138 valence electrons. The van der Waals surface area contributed by atoms with Gasteiger partial charge in [-0.1, -0.05) is 13.0 Å². The summed E-state index contributed by atoms with van der Waals surface area (Å²) in [5.41, 5.74) is 3.66. The Morgan fingerprint density at radius 1 is 1.15 bits per heavy atom. The van der Waals surface area contributed by atoms with Crippen LogP contribution < -0.4 is 10.6 Å². The maximum absolute atomic E-state index is 12.7. The molecule has 7 nitrogen and oxygen atoms in total. The van der Waals surface area contributed by atoms with Gasteiger partial charge in [0.2, 0.25) is 0 Å². The Kier molecular flexibility index (Phi) is 5.82. The summed E-state index contributed by atoms with van der Waals surface area (Å²) in [5, 5.41) is 5.36. The Hall–Kier alpha value is -3.09. The Bertz CT molecular complexity index is 868. The van der Waals surface area contributed by atoms with Crippen molar-refractivity contribution in [3.63, 3.8) is 0 Å². The molecule has 0 aliphatic carbocycles. The number of ether oxygens (including phenoxy) is 1. The van der Waals surface area contributed by atoms with Crippen molar-refractivity contribution in [2.24, 2.45) is 0 Å². The van der Waals surface area contributed by atoms with Crippen LogP contribution in [0.15, 0.2) is 18.2 Å². The third kappa shape index (κ3) is 3.61. The second-order valence-electron chi connectivity index (χ2n) is 5.89. The number of H-pyrrole nitrogens is 1. The van der Waals surface area contributed by atoms with Crippen LogP contribution in [-0.4, -0.2) is 36.9 Å². The Labute approximate surface area is 152 Å². The number of aryl methyl sites for hydroxylation is 2. The van der Waals surface area contributed by atoms with Crippen molar-refractivity contribution in [3.8, 4) is 0 Å². The van der Waals surface area contributed by atoms with Crippen molar-refractivity contribution < 1.29 is 19.1 Å². The molecule has 1 aromatic heterocycles. The van der Waals surface area contributed by atoms with E-state index in [9.17, 15) is 14.4 Å². The van der Waals surface area contributed by atoms with Gasteiger partial charge in [0, 0.05) is 24.0 Å². The molecule has 0 fully saturated rings. The maximum Gasteiger partial charge on any atom is 0.339 e. The van der Waals surface area contributed by atoms with E-state index >= 15 is 0 Å². The number of anilines is 1. The van der Waals surface area contributed by atoms with Crippen molar-refractivity contribution in [3.05, 3.63) is 51.8 Å². The van der Waals surface area contributed by atoms with E-state index in [-0.39, 0.29) is 11.8 Å². The Morgan fingerprint density at radius 3 is 2.42 bits per heavy atom. The molecule has 0 spiro atoms. The number of nitrogens with one attached hydrogen (secondary N) is 3. The molecule has 2 rings (SSSR count). The number of carbonyl (C=O) groups excluding carboxylic acids is 3. The quantitative estimate of drug-likeness (QED) is 0.716. The second kappa shape index (κ2) is 7.86. The van der Waals surface area contributed by atoms with Gasteiger partial charge < -0.3 is 20.4 Å². The predicted molar refractivity (Wildman–Crippen MR) is 98.8 cm³/mol. The van der Waals surface area contributed by atoms with Crippen LogP contribution in [0, 0.1) is 13.8 Å². The van der Waals surface area contributed by atoms with Gasteiger partial charge in [-0.05, 0) is 43.5 Å². The molecule has 1 aromatic carbocycles. The summed E-state index contributed by atoms with van der Waals surface area (Å²) in [5.74, 6) is -1.10. The first-order valence-corrected chi connectivity index (χ1v) is 8.27. The minimum Gasteiger partial charge on any atom is -0.465 e. The van der Waals surface area contributed by atoms with Gasteiger partial charge in [-0.2, -0.15) is 0 Å². The second-order valence-corrected chi connectivity index (χ2v) is 5.89. The first-order valence-electron chi connectivity index (χ1n) is 8.27. The van der Waals surface area contributed by atoms with Crippen molar-refractivity contribution in [1.82, 2.24) is 10.3 Å². The fraction of sp³-hybridized carbons (Fsp3) is 0.316. The molecule has 7 heteroatoms. The highest BCUT2D eigenvalue weighted by molar-refractivity contribution is 6.07. The highest BCUT2D eigenvalue weighted by Gasteiger charge is 2.24. The summed E-state index contributed by atoms with van der Waals surface area (Å²) >= 11 is 0. The highest BCUT2D eigenvalue weighted by atomic mass is 16.5. The van der Waals surface area contributed by atoms with Gasteiger partial charge in [-0.25, -0.2) is 4.79 Å². The van der Waals surface area contributed by atoms with E-state index in [1.165, 1.54) is 7.11 Å². The fourth-order valence-electron chi connectivity index (χ4n) is 2.76. The SMILES string of the molecule is CCc1[nH]c(C(=O)Nc2cc(C(=O)NC)ccc2C)c(C)c1C(=O)OC. The van der Waals surface area contributed by atoms with Crippen LogP contribution in [0.2, 0.25) is 0 Å². The molecule has 0 unspecified atom stereocenters. The zero-order valence-corrected chi connectivity index (χ0v) is 15.6. The minimum atomic E-state index is -0.479.